The van der Waals surface area contributed by atoms with Crippen molar-refractivity contribution in [1.82, 2.24) is 5.32 Å². The van der Waals surface area contributed by atoms with Gasteiger partial charge in [-0.05, 0) is 36.1 Å². The second-order valence-corrected chi connectivity index (χ2v) is 6.12. The first-order valence-electron chi connectivity index (χ1n) is 8.35. The van der Waals surface area contributed by atoms with Gasteiger partial charge in [0, 0.05) is 6.92 Å². The van der Waals surface area contributed by atoms with Crippen LogP contribution in [0.5, 0.6) is 5.75 Å². The highest BCUT2D eigenvalue weighted by molar-refractivity contribution is 6.06. The van der Waals surface area contributed by atoms with Crippen molar-refractivity contribution in [2.45, 2.75) is 31.9 Å². The van der Waals surface area contributed by atoms with Gasteiger partial charge in [-0.2, -0.15) is 0 Å². The summed E-state index contributed by atoms with van der Waals surface area (Å²) < 4.78 is 5.68. The van der Waals surface area contributed by atoms with E-state index < -0.39 is 23.4 Å². The Morgan fingerprint density at radius 2 is 1.52 bits per heavy atom. The van der Waals surface area contributed by atoms with Crippen molar-refractivity contribution >= 4 is 17.8 Å². The molecule has 2 aromatic rings. The van der Waals surface area contributed by atoms with Crippen LogP contribution in [0.4, 0.5) is 0 Å². The Morgan fingerprint density at radius 1 is 0.926 bits per heavy atom. The largest absolute Gasteiger partial charge is 0.489 e. The molecule has 0 aliphatic rings. The van der Waals surface area contributed by atoms with Crippen LogP contribution < -0.4 is 10.1 Å². The number of aryl methyl sites for hydroxylation is 1. The van der Waals surface area contributed by atoms with E-state index in [-0.39, 0.29) is 12.8 Å². The van der Waals surface area contributed by atoms with Crippen LogP contribution in [0.15, 0.2) is 54.6 Å². The average molecular weight is 371 g/mol. The predicted molar refractivity (Wildman–Crippen MR) is 97.4 cm³/mol. The molecule has 2 aromatic carbocycles. The van der Waals surface area contributed by atoms with Crippen LogP contribution in [0.2, 0.25) is 0 Å². The monoisotopic (exact) mass is 371 g/mol. The lowest BCUT2D eigenvalue weighted by Crippen LogP contribution is -2.60. The summed E-state index contributed by atoms with van der Waals surface area (Å²) in [6.07, 6.45) is -0.112. The van der Waals surface area contributed by atoms with Gasteiger partial charge in [0.2, 0.25) is 11.4 Å². The Kier molecular flexibility index (Phi) is 6.54. The fourth-order valence-corrected chi connectivity index (χ4v) is 2.60. The van der Waals surface area contributed by atoms with Gasteiger partial charge in [-0.25, -0.2) is 9.59 Å². The third-order valence-electron chi connectivity index (χ3n) is 4.08. The Morgan fingerprint density at radius 3 is 2.04 bits per heavy atom. The standard InChI is InChI=1S/C20H21NO6/c1-14(22)21-20(18(23)24,19(25)26)12-11-15-7-9-17(10-8-15)27-13-16-5-3-2-4-6-16/h2-10H,11-13H2,1H3,(H,21,22)(H,23,24)(H,25,26). The second kappa shape index (κ2) is 8.84. The number of carboxylic acid groups (broad SMARTS) is 2. The Bertz CT molecular complexity index is 787. The Labute approximate surface area is 156 Å². The summed E-state index contributed by atoms with van der Waals surface area (Å²) in [5.41, 5.74) is -0.585. The smallest absolute Gasteiger partial charge is 0.341 e. The molecule has 0 radical (unpaired) electrons. The molecule has 0 fully saturated rings. The molecule has 0 unspecified atom stereocenters. The lowest BCUT2D eigenvalue weighted by Gasteiger charge is -2.25. The molecule has 27 heavy (non-hydrogen) atoms. The third-order valence-corrected chi connectivity index (χ3v) is 4.08. The number of carbonyl (C=O) groups is 3. The summed E-state index contributed by atoms with van der Waals surface area (Å²) in [4.78, 5) is 34.2. The van der Waals surface area contributed by atoms with Gasteiger partial charge in [0.15, 0.2) is 0 Å². The Hall–Kier alpha value is -3.35. The molecule has 7 nitrogen and oxygen atoms in total. The number of rotatable bonds is 9. The van der Waals surface area contributed by atoms with Crippen molar-refractivity contribution in [3.8, 4) is 5.75 Å². The minimum atomic E-state index is -2.35. The highest BCUT2D eigenvalue weighted by atomic mass is 16.5. The van der Waals surface area contributed by atoms with E-state index in [4.69, 9.17) is 4.74 Å². The van der Waals surface area contributed by atoms with E-state index in [1.54, 1.807) is 24.3 Å². The normalized spacial score (nSPS) is 10.9. The number of carbonyl (C=O) groups excluding carboxylic acids is 1. The minimum absolute atomic E-state index is 0.165. The first-order valence-corrected chi connectivity index (χ1v) is 8.35. The summed E-state index contributed by atoms with van der Waals surface area (Å²) >= 11 is 0. The van der Waals surface area contributed by atoms with Crippen LogP contribution in [0.25, 0.3) is 0 Å². The van der Waals surface area contributed by atoms with E-state index in [0.717, 1.165) is 18.1 Å². The number of aliphatic carboxylic acids is 2. The quantitative estimate of drug-likeness (QED) is 0.583. The van der Waals surface area contributed by atoms with Crippen LogP contribution >= 0.6 is 0 Å². The number of benzene rings is 2. The van der Waals surface area contributed by atoms with Gasteiger partial charge in [-0.3, -0.25) is 4.79 Å². The number of ether oxygens (including phenoxy) is 1. The summed E-state index contributed by atoms with van der Waals surface area (Å²) in [6.45, 7) is 1.50. The van der Waals surface area contributed by atoms with E-state index in [9.17, 15) is 24.6 Å². The molecule has 0 atom stereocenters. The molecular weight excluding hydrogens is 350 g/mol. The van der Waals surface area contributed by atoms with Crippen LogP contribution in [0, 0.1) is 0 Å². The van der Waals surface area contributed by atoms with E-state index in [2.05, 4.69) is 0 Å². The summed E-state index contributed by atoms with van der Waals surface area (Å²) in [6, 6.07) is 16.6. The van der Waals surface area contributed by atoms with Crippen LogP contribution in [-0.4, -0.2) is 33.6 Å². The zero-order valence-electron chi connectivity index (χ0n) is 14.8. The van der Waals surface area contributed by atoms with Crippen molar-refractivity contribution < 1.29 is 29.3 Å². The summed E-state index contributed by atoms with van der Waals surface area (Å²) in [7, 11) is 0. The molecule has 0 aliphatic carbocycles. The first kappa shape index (κ1) is 20.0. The minimum Gasteiger partial charge on any atom is -0.489 e. The predicted octanol–water partition coefficient (Wildman–Crippen LogP) is 2.24. The molecule has 0 aromatic heterocycles. The maximum Gasteiger partial charge on any atom is 0.341 e. The number of hydrogen-bond donors (Lipinski definition) is 3. The molecule has 0 aliphatic heterocycles. The van der Waals surface area contributed by atoms with Gasteiger partial charge < -0.3 is 20.3 Å². The molecule has 0 saturated heterocycles. The van der Waals surface area contributed by atoms with E-state index >= 15 is 0 Å². The fourth-order valence-electron chi connectivity index (χ4n) is 2.60. The molecule has 0 bridgehead atoms. The van der Waals surface area contributed by atoms with Crippen molar-refractivity contribution in [2.24, 2.45) is 0 Å². The highest BCUT2D eigenvalue weighted by Crippen LogP contribution is 2.19. The van der Waals surface area contributed by atoms with Crippen LogP contribution in [-0.2, 0) is 27.4 Å². The van der Waals surface area contributed by atoms with E-state index in [1.807, 2.05) is 35.6 Å². The van der Waals surface area contributed by atoms with Gasteiger partial charge >= 0.3 is 11.9 Å². The number of hydrogen-bond acceptors (Lipinski definition) is 4. The van der Waals surface area contributed by atoms with E-state index in [1.165, 1.54) is 0 Å². The molecule has 0 heterocycles. The Balaban J connectivity index is 2.01. The molecule has 2 rings (SSSR count). The second-order valence-electron chi connectivity index (χ2n) is 6.12. The fraction of sp³-hybridized carbons (Fsp3) is 0.250. The molecule has 0 saturated carbocycles. The number of amides is 1. The van der Waals surface area contributed by atoms with Crippen molar-refractivity contribution in [3.05, 3.63) is 65.7 Å². The zero-order chi connectivity index (χ0) is 19.9. The van der Waals surface area contributed by atoms with Gasteiger partial charge in [-0.15, -0.1) is 0 Å². The molecule has 3 N–H and O–H groups in total. The number of carboxylic acids is 2. The molecule has 7 heteroatoms. The van der Waals surface area contributed by atoms with Crippen LogP contribution in [0.1, 0.15) is 24.5 Å². The topological polar surface area (TPSA) is 113 Å². The van der Waals surface area contributed by atoms with Gasteiger partial charge in [0.05, 0.1) is 0 Å². The lowest BCUT2D eigenvalue weighted by molar-refractivity contribution is -0.161. The molecule has 1 amide bonds. The summed E-state index contributed by atoms with van der Waals surface area (Å²) in [5.74, 6) is -3.28. The first-order chi connectivity index (χ1) is 12.8. The van der Waals surface area contributed by atoms with Gasteiger partial charge in [0.1, 0.15) is 12.4 Å². The van der Waals surface area contributed by atoms with Gasteiger partial charge in [0.25, 0.3) is 0 Å². The average Bonchev–Trinajstić information content (AvgIpc) is 2.64. The van der Waals surface area contributed by atoms with Crippen molar-refractivity contribution in [3.63, 3.8) is 0 Å². The number of nitrogens with one attached hydrogen (secondary N) is 1. The maximum atomic E-state index is 11.5. The van der Waals surface area contributed by atoms with E-state index in [0.29, 0.717) is 12.4 Å². The van der Waals surface area contributed by atoms with Crippen molar-refractivity contribution in [1.29, 1.82) is 0 Å². The molecular formula is C20H21NO6. The van der Waals surface area contributed by atoms with Crippen LogP contribution in [0.3, 0.4) is 0 Å². The SMILES string of the molecule is CC(=O)NC(CCc1ccc(OCc2ccccc2)cc1)(C(=O)O)C(=O)O. The summed E-state index contributed by atoms with van der Waals surface area (Å²) in [5, 5.41) is 20.7. The maximum absolute atomic E-state index is 11.5. The van der Waals surface area contributed by atoms with Crippen molar-refractivity contribution in [2.75, 3.05) is 0 Å². The molecule has 0 spiro atoms. The molecule has 142 valence electrons. The third kappa shape index (κ3) is 5.31. The lowest BCUT2D eigenvalue weighted by atomic mass is 9.91. The highest BCUT2D eigenvalue weighted by Gasteiger charge is 2.47. The van der Waals surface area contributed by atoms with Gasteiger partial charge in [-0.1, -0.05) is 42.5 Å². The zero-order valence-corrected chi connectivity index (χ0v) is 14.8.